The predicted octanol–water partition coefficient (Wildman–Crippen LogP) is 3.00. The maximum atomic E-state index is 9.80. The Hall–Kier alpha value is -1.65. The standard InChI is InChI=1S/C18H27N3O/c1-6-16(22)11-20(5)12-17-14(3)19-21(15(17)4)18-10-8-7-9-13(18)2/h7-10,16,22H,6,11-12H2,1-5H3/t16-/m1/s1. The van der Waals surface area contributed by atoms with Gasteiger partial charge in [0.1, 0.15) is 0 Å². The van der Waals surface area contributed by atoms with Crippen molar-refractivity contribution in [2.24, 2.45) is 0 Å². The largest absolute Gasteiger partial charge is 0.392 e. The van der Waals surface area contributed by atoms with Gasteiger partial charge in [-0.3, -0.25) is 4.90 Å². The molecule has 1 heterocycles. The van der Waals surface area contributed by atoms with Gasteiger partial charge in [-0.25, -0.2) is 4.68 Å². The van der Waals surface area contributed by atoms with Gasteiger partial charge < -0.3 is 5.11 Å². The molecule has 22 heavy (non-hydrogen) atoms. The molecule has 1 atom stereocenters. The zero-order valence-electron chi connectivity index (χ0n) is 14.3. The fourth-order valence-electron chi connectivity index (χ4n) is 2.76. The topological polar surface area (TPSA) is 41.3 Å². The van der Waals surface area contributed by atoms with Crippen molar-refractivity contribution >= 4 is 0 Å². The van der Waals surface area contributed by atoms with Crippen molar-refractivity contribution < 1.29 is 5.11 Å². The van der Waals surface area contributed by atoms with E-state index in [0.29, 0.717) is 6.54 Å². The Labute approximate surface area is 133 Å². The molecular weight excluding hydrogens is 274 g/mol. The van der Waals surface area contributed by atoms with Crippen LogP contribution < -0.4 is 0 Å². The summed E-state index contributed by atoms with van der Waals surface area (Å²) in [7, 11) is 2.04. The minimum atomic E-state index is -0.267. The van der Waals surface area contributed by atoms with Crippen LogP contribution in [0.4, 0.5) is 0 Å². The first-order valence-electron chi connectivity index (χ1n) is 7.91. The maximum absolute atomic E-state index is 9.80. The summed E-state index contributed by atoms with van der Waals surface area (Å²) in [6.07, 6.45) is 0.516. The molecule has 2 aromatic rings. The van der Waals surface area contributed by atoms with E-state index in [2.05, 4.69) is 37.8 Å². The lowest BCUT2D eigenvalue weighted by molar-refractivity contribution is 0.119. The van der Waals surface area contributed by atoms with E-state index in [1.807, 2.05) is 30.8 Å². The highest BCUT2D eigenvalue weighted by Gasteiger charge is 2.16. The quantitative estimate of drug-likeness (QED) is 0.892. The molecule has 4 heteroatoms. The van der Waals surface area contributed by atoms with Crippen molar-refractivity contribution in [1.29, 1.82) is 0 Å². The zero-order chi connectivity index (χ0) is 16.3. The van der Waals surface area contributed by atoms with Crippen molar-refractivity contribution in [3.63, 3.8) is 0 Å². The second kappa shape index (κ2) is 7.07. The number of benzene rings is 1. The van der Waals surface area contributed by atoms with Crippen LogP contribution in [0.3, 0.4) is 0 Å². The second-order valence-corrected chi connectivity index (χ2v) is 6.11. The number of rotatable bonds is 6. The van der Waals surface area contributed by atoms with Gasteiger partial charge in [-0.15, -0.1) is 0 Å². The normalized spacial score (nSPS) is 12.9. The molecule has 0 spiro atoms. The summed E-state index contributed by atoms with van der Waals surface area (Å²) in [5.41, 5.74) is 5.82. The lowest BCUT2D eigenvalue weighted by Gasteiger charge is -2.20. The zero-order valence-corrected chi connectivity index (χ0v) is 14.3. The van der Waals surface area contributed by atoms with Crippen molar-refractivity contribution in [3.05, 3.63) is 46.8 Å². The van der Waals surface area contributed by atoms with E-state index in [1.54, 1.807) is 0 Å². The van der Waals surface area contributed by atoms with E-state index in [9.17, 15) is 5.11 Å². The number of aliphatic hydroxyl groups excluding tert-OH is 1. The van der Waals surface area contributed by atoms with Crippen LogP contribution in [-0.2, 0) is 6.54 Å². The third-order valence-corrected chi connectivity index (χ3v) is 4.21. The van der Waals surface area contributed by atoms with E-state index in [4.69, 9.17) is 5.10 Å². The van der Waals surface area contributed by atoms with Crippen LogP contribution in [0.5, 0.6) is 0 Å². The van der Waals surface area contributed by atoms with E-state index >= 15 is 0 Å². The highest BCUT2D eigenvalue weighted by molar-refractivity contribution is 5.42. The number of para-hydroxylation sites is 1. The van der Waals surface area contributed by atoms with Gasteiger partial charge in [-0.1, -0.05) is 25.1 Å². The summed E-state index contributed by atoms with van der Waals surface area (Å²) in [6.45, 7) is 9.78. The minimum Gasteiger partial charge on any atom is -0.392 e. The van der Waals surface area contributed by atoms with Crippen LogP contribution in [0.2, 0.25) is 0 Å². The van der Waals surface area contributed by atoms with Gasteiger partial charge in [0.05, 0.1) is 17.5 Å². The summed E-state index contributed by atoms with van der Waals surface area (Å²) in [4.78, 5) is 2.16. The van der Waals surface area contributed by atoms with Crippen molar-refractivity contribution in [3.8, 4) is 5.69 Å². The average Bonchev–Trinajstić information content (AvgIpc) is 2.75. The highest BCUT2D eigenvalue weighted by Crippen LogP contribution is 2.21. The molecule has 4 nitrogen and oxygen atoms in total. The molecule has 2 rings (SSSR count). The monoisotopic (exact) mass is 301 g/mol. The van der Waals surface area contributed by atoms with Gasteiger partial charge in [0, 0.05) is 24.3 Å². The number of aryl methyl sites for hydroxylation is 2. The third-order valence-electron chi connectivity index (χ3n) is 4.21. The fourth-order valence-corrected chi connectivity index (χ4v) is 2.76. The Morgan fingerprint density at radius 1 is 1.23 bits per heavy atom. The highest BCUT2D eigenvalue weighted by atomic mass is 16.3. The SMILES string of the molecule is CC[C@@H](O)CN(C)Cc1c(C)nn(-c2ccccc2C)c1C. The van der Waals surface area contributed by atoms with E-state index in [1.165, 1.54) is 16.8 Å². The van der Waals surface area contributed by atoms with Gasteiger partial charge in [0.25, 0.3) is 0 Å². The van der Waals surface area contributed by atoms with Gasteiger partial charge in [-0.2, -0.15) is 5.10 Å². The van der Waals surface area contributed by atoms with Gasteiger partial charge in [-0.05, 0) is 45.9 Å². The molecule has 0 bridgehead atoms. The molecule has 1 aromatic carbocycles. The summed E-state index contributed by atoms with van der Waals surface area (Å²) in [5.74, 6) is 0. The number of hydrogen-bond donors (Lipinski definition) is 1. The summed E-state index contributed by atoms with van der Waals surface area (Å²) >= 11 is 0. The predicted molar refractivity (Wildman–Crippen MR) is 90.4 cm³/mol. The molecule has 0 radical (unpaired) electrons. The lowest BCUT2D eigenvalue weighted by atomic mass is 10.1. The first-order valence-corrected chi connectivity index (χ1v) is 7.91. The Morgan fingerprint density at radius 2 is 1.91 bits per heavy atom. The number of likely N-dealkylation sites (N-methyl/N-ethyl adjacent to an activating group) is 1. The Morgan fingerprint density at radius 3 is 2.55 bits per heavy atom. The lowest BCUT2D eigenvalue weighted by Crippen LogP contribution is -2.28. The molecular formula is C18H27N3O. The number of aliphatic hydroxyl groups is 1. The van der Waals surface area contributed by atoms with E-state index in [-0.39, 0.29) is 6.10 Å². The number of hydrogen-bond acceptors (Lipinski definition) is 3. The molecule has 0 aliphatic heterocycles. The number of aromatic nitrogens is 2. The van der Waals surface area contributed by atoms with Gasteiger partial charge in [0.15, 0.2) is 0 Å². The van der Waals surface area contributed by atoms with Crippen LogP contribution in [0, 0.1) is 20.8 Å². The average molecular weight is 301 g/mol. The summed E-state index contributed by atoms with van der Waals surface area (Å²) in [6, 6.07) is 8.30. The van der Waals surface area contributed by atoms with Crippen molar-refractivity contribution in [2.75, 3.05) is 13.6 Å². The van der Waals surface area contributed by atoms with Gasteiger partial charge >= 0.3 is 0 Å². The van der Waals surface area contributed by atoms with Crippen LogP contribution in [0.25, 0.3) is 5.69 Å². The van der Waals surface area contributed by atoms with E-state index in [0.717, 1.165) is 24.3 Å². The molecule has 0 amide bonds. The smallest absolute Gasteiger partial charge is 0.0678 e. The Bertz CT molecular complexity index is 633. The molecule has 0 fully saturated rings. The first-order chi connectivity index (χ1) is 10.4. The molecule has 120 valence electrons. The van der Waals surface area contributed by atoms with Crippen molar-refractivity contribution in [2.45, 2.75) is 46.8 Å². The Kier molecular flexibility index (Phi) is 5.37. The van der Waals surface area contributed by atoms with Crippen LogP contribution in [0.15, 0.2) is 24.3 Å². The number of nitrogens with zero attached hydrogens (tertiary/aromatic N) is 3. The third kappa shape index (κ3) is 3.57. The van der Waals surface area contributed by atoms with Crippen LogP contribution in [0.1, 0.15) is 35.9 Å². The minimum absolute atomic E-state index is 0.267. The molecule has 0 saturated carbocycles. The second-order valence-electron chi connectivity index (χ2n) is 6.11. The molecule has 0 saturated heterocycles. The molecule has 1 N–H and O–H groups in total. The maximum Gasteiger partial charge on any atom is 0.0678 e. The molecule has 0 aliphatic carbocycles. The molecule has 0 unspecified atom stereocenters. The molecule has 1 aromatic heterocycles. The van der Waals surface area contributed by atoms with Crippen LogP contribution >= 0.6 is 0 Å². The van der Waals surface area contributed by atoms with E-state index < -0.39 is 0 Å². The summed E-state index contributed by atoms with van der Waals surface area (Å²) < 4.78 is 2.03. The molecule has 0 aliphatic rings. The Balaban J connectivity index is 2.26. The first kappa shape index (κ1) is 16.7. The van der Waals surface area contributed by atoms with Crippen LogP contribution in [-0.4, -0.2) is 39.5 Å². The fraction of sp³-hybridized carbons (Fsp3) is 0.500. The van der Waals surface area contributed by atoms with Gasteiger partial charge in [0.2, 0.25) is 0 Å². The van der Waals surface area contributed by atoms with Crippen molar-refractivity contribution in [1.82, 2.24) is 14.7 Å². The summed E-state index contributed by atoms with van der Waals surface area (Å²) in [5, 5.41) is 14.5.